The van der Waals surface area contributed by atoms with Gasteiger partial charge in [0.15, 0.2) is 0 Å². The van der Waals surface area contributed by atoms with Crippen LogP contribution in [0.25, 0.3) is 6.08 Å². The summed E-state index contributed by atoms with van der Waals surface area (Å²) in [5, 5.41) is 0. The zero-order valence-corrected chi connectivity index (χ0v) is 11.2. The van der Waals surface area contributed by atoms with Crippen LogP contribution in [0.1, 0.15) is 31.2 Å². The average Bonchev–Trinajstić information content (AvgIpc) is 2.41. The summed E-state index contributed by atoms with van der Waals surface area (Å²) in [6.45, 7) is 12.7. The minimum atomic E-state index is 0.126. The van der Waals surface area contributed by atoms with Crippen LogP contribution in [0.15, 0.2) is 23.5 Å². The monoisotopic (exact) mass is 237 g/mol. The molecule has 1 aromatic rings. The molecular weight excluding hydrogens is 218 g/mol. The summed E-state index contributed by atoms with van der Waals surface area (Å²) in [7, 11) is 0. The van der Waals surface area contributed by atoms with Crippen LogP contribution >= 0.6 is 11.5 Å². The maximum Gasteiger partial charge on any atom is 0.264 e. The zero-order valence-electron chi connectivity index (χ0n) is 10.4. The van der Waals surface area contributed by atoms with Crippen molar-refractivity contribution < 1.29 is 0 Å². The molecule has 0 aliphatic carbocycles. The van der Waals surface area contributed by atoms with Gasteiger partial charge in [0.25, 0.3) is 5.56 Å². The van der Waals surface area contributed by atoms with Crippen molar-refractivity contribution in [2.75, 3.05) is 0 Å². The Morgan fingerprint density at radius 2 is 2.06 bits per heavy atom. The lowest BCUT2D eigenvalue weighted by molar-refractivity contribution is 0.352. The fourth-order valence-corrected chi connectivity index (χ4v) is 2.64. The molecule has 0 fully saturated rings. The highest BCUT2D eigenvalue weighted by atomic mass is 32.1. The average molecular weight is 237 g/mol. The van der Waals surface area contributed by atoms with E-state index in [2.05, 4.69) is 27.4 Å². The Kier molecular flexibility index (Phi) is 3.92. The smallest absolute Gasteiger partial charge is 0.264 e. The van der Waals surface area contributed by atoms with Gasteiger partial charge in [0, 0.05) is 12.1 Å². The molecule has 0 aromatic carbocycles. The number of hydrogen-bond donors (Lipinski definition) is 0. The molecular formula is C13H19NOS. The molecule has 0 N–H and O–H groups in total. The lowest BCUT2D eigenvalue weighted by Gasteiger charge is -2.17. The summed E-state index contributed by atoms with van der Waals surface area (Å²) in [5.74, 6) is 0. The van der Waals surface area contributed by atoms with E-state index in [1.807, 2.05) is 23.0 Å². The molecule has 0 atom stereocenters. The standard InChI is InChI=1S/C13H19NOS/c1-6-7-8-11-10(2)12(15)14(16-11)9-13(3,4)5/h6-8H,1,9H2,2-5H3/b8-7-. The molecule has 0 saturated carbocycles. The first-order chi connectivity index (χ1) is 7.35. The number of nitrogens with zero attached hydrogens (tertiary/aromatic N) is 1. The summed E-state index contributed by atoms with van der Waals surface area (Å²) in [4.78, 5) is 13.0. The first-order valence-corrected chi connectivity index (χ1v) is 6.12. The predicted octanol–water partition coefficient (Wildman–Crippen LogP) is 3.46. The topological polar surface area (TPSA) is 22.0 Å². The molecule has 0 bridgehead atoms. The van der Waals surface area contributed by atoms with Gasteiger partial charge >= 0.3 is 0 Å². The van der Waals surface area contributed by atoms with E-state index in [0.717, 1.165) is 17.0 Å². The number of allylic oxidation sites excluding steroid dienone is 2. The highest BCUT2D eigenvalue weighted by molar-refractivity contribution is 7.07. The second kappa shape index (κ2) is 4.83. The minimum absolute atomic E-state index is 0.126. The molecule has 0 unspecified atom stereocenters. The van der Waals surface area contributed by atoms with Crippen molar-refractivity contribution in [1.29, 1.82) is 0 Å². The number of hydrogen-bond acceptors (Lipinski definition) is 2. The molecule has 88 valence electrons. The molecule has 0 spiro atoms. The van der Waals surface area contributed by atoms with Gasteiger partial charge in [-0.05, 0) is 18.4 Å². The molecule has 3 heteroatoms. The van der Waals surface area contributed by atoms with E-state index in [-0.39, 0.29) is 11.0 Å². The van der Waals surface area contributed by atoms with E-state index in [1.165, 1.54) is 11.5 Å². The van der Waals surface area contributed by atoms with Crippen LogP contribution in [0.2, 0.25) is 0 Å². The SMILES string of the molecule is C=C/C=C\c1sn(CC(C)(C)C)c(=O)c1C. The Bertz CT molecular complexity index is 457. The van der Waals surface area contributed by atoms with Crippen molar-refractivity contribution in [2.45, 2.75) is 34.2 Å². The number of rotatable bonds is 3. The first kappa shape index (κ1) is 13.0. The molecule has 0 saturated heterocycles. The van der Waals surface area contributed by atoms with Crippen LogP contribution in [0.5, 0.6) is 0 Å². The fourth-order valence-electron chi connectivity index (χ4n) is 1.37. The van der Waals surface area contributed by atoms with E-state index >= 15 is 0 Å². The summed E-state index contributed by atoms with van der Waals surface area (Å²) in [5.41, 5.74) is 1.08. The van der Waals surface area contributed by atoms with Crippen molar-refractivity contribution in [3.05, 3.63) is 39.5 Å². The Balaban J connectivity index is 3.10. The lowest BCUT2D eigenvalue weighted by atomic mass is 9.97. The molecule has 16 heavy (non-hydrogen) atoms. The third-order valence-corrected chi connectivity index (χ3v) is 3.28. The summed E-state index contributed by atoms with van der Waals surface area (Å²) in [6.07, 6.45) is 5.52. The predicted molar refractivity (Wildman–Crippen MR) is 72.0 cm³/mol. The van der Waals surface area contributed by atoms with Crippen LogP contribution in [0.4, 0.5) is 0 Å². The Labute approximate surface area is 101 Å². The van der Waals surface area contributed by atoms with Gasteiger partial charge < -0.3 is 0 Å². The molecule has 1 aromatic heterocycles. The normalized spacial score (nSPS) is 12.2. The largest absolute Gasteiger partial charge is 0.268 e. The van der Waals surface area contributed by atoms with E-state index in [1.54, 1.807) is 6.08 Å². The second-order valence-corrected chi connectivity index (χ2v) is 6.14. The van der Waals surface area contributed by atoms with E-state index in [0.29, 0.717) is 0 Å². The van der Waals surface area contributed by atoms with Crippen LogP contribution in [-0.2, 0) is 6.54 Å². The molecule has 0 aliphatic rings. The van der Waals surface area contributed by atoms with Crippen molar-refractivity contribution in [3.8, 4) is 0 Å². The first-order valence-electron chi connectivity index (χ1n) is 5.35. The highest BCUT2D eigenvalue weighted by Gasteiger charge is 2.16. The van der Waals surface area contributed by atoms with E-state index in [4.69, 9.17) is 0 Å². The second-order valence-electron chi connectivity index (χ2n) is 5.08. The Morgan fingerprint density at radius 1 is 1.44 bits per heavy atom. The Hall–Kier alpha value is -1.09. The van der Waals surface area contributed by atoms with Gasteiger partial charge in [-0.15, -0.1) is 0 Å². The van der Waals surface area contributed by atoms with Gasteiger partial charge in [-0.3, -0.25) is 8.75 Å². The van der Waals surface area contributed by atoms with Gasteiger partial charge in [-0.25, -0.2) is 0 Å². The molecule has 0 radical (unpaired) electrons. The molecule has 1 heterocycles. The van der Waals surface area contributed by atoms with Crippen LogP contribution in [0, 0.1) is 12.3 Å². The maximum absolute atomic E-state index is 11.9. The van der Waals surface area contributed by atoms with Gasteiger partial charge in [0.05, 0.1) is 4.88 Å². The van der Waals surface area contributed by atoms with Crippen LogP contribution in [-0.4, -0.2) is 3.96 Å². The third kappa shape index (κ3) is 3.20. The molecule has 2 nitrogen and oxygen atoms in total. The fraction of sp³-hybridized carbons (Fsp3) is 0.462. The van der Waals surface area contributed by atoms with Crippen LogP contribution in [0.3, 0.4) is 0 Å². The van der Waals surface area contributed by atoms with E-state index < -0.39 is 0 Å². The summed E-state index contributed by atoms with van der Waals surface area (Å²) < 4.78 is 1.83. The van der Waals surface area contributed by atoms with Gasteiger partial charge in [-0.1, -0.05) is 51.0 Å². The van der Waals surface area contributed by atoms with Crippen LogP contribution < -0.4 is 5.56 Å². The minimum Gasteiger partial charge on any atom is -0.268 e. The number of aromatic nitrogens is 1. The third-order valence-electron chi connectivity index (χ3n) is 2.13. The Morgan fingerprint density at radius 3 is 2.56 bits per heavy atom. The van der Waals surface area contributed by atoms with Crippen molar-refractivity contribution in [3.63, 3.8) is 0 Å². The highest BCUT2D eigenvalue weighted by Crippen LogP contribution is 2.20. The molecule has 0 amide bonds. The van der Waals surface area contributed by atoms with E-state index in [9.17, 15) is 4.79 Å². The quantitative estimate of drug-likeness (QED) is 0.738. The lowest BCUT2D eigenvalue weighted by Crippen LogP contribution is -2.23. The van der Waals surface area contributed by atoms with Crippen molar-refractivity contribution in [2.24, 2.45) is 5.41 Å². The molecule has 0 aliphatic heterocycles. The summed E-state index contributed by atoms with van der Waals surface area (Å²) in [6, 6.07) is 0. The van der Waals surface area contributed by atoms with Gasteiger partial charge in [-0.2, -0.15) is 0 Å². The van der Waals surface area contributed by atoms with Crippen molar-refractivity contribution >= 4 is 17.6 Å². The molecule has 1 rings (SSSR count). The maximum atomic E-state index is 11.9. The zero-order chi connectivity index (χ0) is 12.3. The summed E-state index contributed by atoms with van der Waals surface area (Å²) >= 11 is 1.52. The van der Waals surface area contributed by atoms with Gasteiger partial charge in [0.2, 0.25) is 0 Å². The van der Waals surface area contributed by atoms with Gasteiger partial charge in [0.1, 0.15) is 0 Å². The van der Waals surface area contributed by atoms with Crippen molar-refractivity contribution in [1.82, 2.24) is 3.96 Å².